The van der Waals surface area contributed by atoms with Crippen molar-refractivity contribution in [1.82, 2.24) is 10.2 Å². The molecule has 0 bridgehead atoms. The Morgan fingerprint density at radius 2 is 2.21 bits per heavy atom. The molecule has 1 rings (SSSR count). The van der Waals surface area contributed by atoms with Crippen molar-refractivity contribution in [3.05, 3.63) is 0 Å². The molecule has 3 atom stereocenters. The smallest absolute Gasteiger partial charge is 0.237 e. The summed E-state index contributed by atoms with van der Waals surface area (Å²) in [5.74, 6) is -0.258. The third-order valence-electron chi connectivity index (χ3n) is 4.66. The van der Waals surface area contributed by atoms with Crippen LogP contribution in [0.25, 0.3) is 0 Å². The Kier molecular flexibility index (Phi) is 6.27. The van der Waals surface area contributed by atoms with Gasteiger partial charge in [0.25, 0.3) is 0 Å². The lowest BCUT2D eigenvalue weighted by Gasteiger charge is -2.42. The summed E-state index contributed by atoms with van der Waals surface area (Å²) in [5.41, 5.74) is 4.93. The first-order valence-corrected chi connectivity index (χ1v) is 7.69. The number of nitrogens with zero attached hydrogens (tertiary/aromatic N) is 1. The first-order valence-electron chi connectivity index (χ1n) is 7.69. The molecule has 1 aliphatic rings. The van der Waals surface area contributed by atoms with Crippen LogP contribution in [0, 0.1) is 0 Å². The molecule has 0 spiro atoms. The first-order chi connectivity index (χ1) is 8.94. The largest absolute Gasteiger partial charge is 0.368 e. The fraction of sp³-hybridized carbons (Fsp3) is 0.933. The molecule has 0 aromatic rings. The van der Waals surface area contributed by atoms with Crippen LogP contribution in [0.5, 0.6) is 0 Å². The van der Waals surface area contributed by atoms with E-state index in [1.807, 2.05) is 14.0 Å². The minimum Gasteiger partial charge on any atom is -0.368 e. The van der Waals surface area contributed by atoms with E-state index >= 15 is 0 Å². The SMILES string of the molecule is CCCC1CCCCN1C(C)CC(C)(NC)C(N)=O. The van der Waals surface area contributed by atoms with E-state index in [2.05, 4.69) is 24.1 Å². The molecule has 19 heavy (non-hydrogen) atoms. The van der Waals surface area contributed by atoms with Crippen LogP contribution < -0.4 is 11.1 Å². The maximum Gasteiger partial charge on any atom is 0.237 e. The monoisotopic (exact) mass is 269 g/mol. The molecule has 1 fully saturated rings. The van der Waals surface area contributed by atoms with Gasteiger partial charge in [0.15, 0.2) is 0 Å². The Labute approximate surface area is 118 Å². The molecule has 0 radical (unpaired) electrons. The van der Waals surface area contributed by atoms with Gasteiger partial charge in [-0.15, -0.1) is 0 Å². The van der Waals surface area contributed by atoms with Gasteiger partial charge in [-0.25, -0.2) is 0 Å². The van der Waals surface area contributed by atoms with E-state index in [9.17, 15) is 4.79 Å². The van der Waals surface area contributed by atoms with Crippen LogP contribution in [-0.2, 0) is 4.79 Å². The molecule has 3 unspecified atom stereocenters. The van der Waals surface area contributed by atoms with Crippen molar-refractivity contribution in [2.45, 2.75) is 76.9 Å². The average molecular weight is 269 g/mol. The second-order valence-electron chi connectivity index (χ2n) is 6.18. The molecule has 3 N–H and O–H groups in total. The number of primary amides is 1. The molecular formula is C15H31N3O. The van der Waals surface area contributed by atoms with Gasteiger partial charge in [0, 0.05) is 12.1 Å². The van der Waals surface area contributed by atoms with Crippen LogP contribution in [0.2, 0.25) is 0 Å². The highest BCUT2D eigenvalue weighted by Gasteiger charge is 2.35. The maximum atomic E-state index is 11.6. The second-order valence-corrected chi connectivity index (χ2v) is 6.18. The molecule has 0 aromatic carbocycles. The van der Waals surface area contributed by atoms with Crippen molar-refractivity contribution in [1.29, 1.82) is 0 Å². The van der Waals surface area contributed by atoms with Crippen molar-refractivity contribution < 1.29 is 4.79 Å². The Morgan fingerprint density at radius 1 is 1.53 bits per heavy atom. The van der Waals surface area contributed by atoms with Crippen LogP contribution in [-0.4, -0.2) is 42.0 Å². The molecule has 1 saturated heterocycles. The summed E-state index contributed by atoms with van der Waals surface area (Å²) in [6.45, 7) is 7.54. The number of likely N-dealkylation sites (N-methyl/N-ethyl adjacent to an activating group) is 1. The van der Waals surface area contributed by atoms with E-state index in [4.69, 9.17) is 5.73 Å². The predicted octanol–water partition coefficient (Wildman–Crippen LogP) is 1.88. The third kappa shape index (κ3) is 4.18. The van der Waals surface area contributed by atoms with Gasteiger partial charge in [0.2, 0.25) is 5.91 Å². The van der Waals surface area contributed by atoms with Gasteiger partial charge in [-0.05, 0) is 53.1 Å². The fourth-order valence-electron chi connectivity index (χ4n) is 3.28. The normalized spacial score (nSPS) is 25.8. The van der Waals surface area contributed by atoms with E-state index in [0.29, 0.717) is 12.1 Å². The number of nitrogens with one attached hydrogen (secondary N) is 1. The Hall–Kier alpha value is -0.610. The average Bonchev–Trinajstić information content (AvgIpc) is 2.39. The number of likely N-dealkylation sites (tertiary alicyclic amines) is 1. The van der Waals surface area contributed by atoms with Crippen LogP contribution >= 0.6 is 0 Å². The van der Waals surface area contributed by atoms with Crippen LogP contribution in [0.1, 0.15) is 59.3 Å². The Bertz CT molecular complexity index is 293. The zero-order valence-electron chi connectivity index (χ0n) is 13.0. The highest BCUT2D eigenvalue weighted by molar-refractivity contribution is 5.84. The summed E-state index contributed by atoms with van der Waals surface area (Å²) < 4.78 is 0. The summed E-state index contributed by atoms with van der Waals surface area (Å²) in [7, 11) is 1.82. The van der Waals surface area contributed by atoms with Gasteiger partial charge in [0.1, 0.15) is 0 Å². The number of hydrogen-bond donors (Lipinski definition) is 2. The van der Waals surface area contributed by atoms with Crippen molar-refractivity contribution in [3.8, 4) is 0 Å². The summed E-state index contributed by atoms with van der Waals surface area (Å²) in [6, 6.07) is 1.07. The summed E-state index contributed by atoms with van der Waals surface area (Å²) in [4.78, 5) is 14.2. The predicted molar refractivity (Wildman–Crippen MR) is 80.0 cm³/mol. The second kappa shape index (κ2) is 7.25. The summed E-state index contributed by atoms with van der Waals surface area (Å²) in [5, 5.41) is 3.09. The number of carbonyl (C=O) groups excluding carboxylic acids is 1. The quantitative estimate of drug-likeness (QED) is 0.742. The number of rotatable bonds is 7. The number of hydrogen-bond acceptors (Lipinski definition) is 3. The number of amides is 1. The first kappa shape index (κ1) is 16.4. The van der Waals surface area contributed by atoms with Crippen molar-refractivity contribution in [3.63, 3.8) is 0 Å². The van der Waals surface area contributed by atoms with E-state index in [1.54, 1.807) is 0 Å². The molecular weight excluding hydrogens is 238 g/mol. The molecule has 0 aromatic heterocycles. The number of piperidine rings is 1. The third-order valence-corrected chi connectivity index (χ3v) is 4.66. The Morgan fingerprint density at radius 3 is 2.74 bits per heavy atom. The lowest BCUT2D eigenvalue weighted by molar-refractivity contribution is -0.124. The molecule has 4 heteroatoms. The molecule has 0 saturated carbocycles. The Balaban J connectivity index is 2.68. The van der Waals surface area contributed by atoms with Crippen molar-refractivity contribution in [2.75, 3.05) is 13.6 Å². The number of carbonyl (C=O) groups is 1. The van der Waals surface area contributed by atoms with Gasteiger partial charge in [-0.3, -0.25) is 9.69 Å². The summed E-state index contributed by atoms with van der Waals surface area (Å²) >= 11 is 0. The van der Waals surface area contributed by atoms with Crippen LogP contribution in [0.4, 0.5) is 0 Å². The highest BCUT2D eigenvalue weighted by atomic mass is 16.1. The van der Waals surface area contributed by atoms with Crippen molar-refractivity contribution >= 4 is 5.91 Å². The van der Waals surface area contributed by atoms with Gasteiger partial charge in [-0.1, -0.05) is 19.8 Å². The van der Waals surface area contributed by atoms with Gasteiger partial charge in [0.05, 0.1) is 5.54 Å². The summed E-state index contributed by atoms with van der Waals surface area (Å²) in [6.07, 6.45) is 7.18. The molecule has 4 nitrogen and oxygen atoms in total. The standard InChI is InChI=1S/C15H31N3O/c1-5-8-13-9-6-7-10-18(13)12(2)11-15(3,17-4)14(16)19/h12-13,17H,5-11H2,1-4H3,(H2,16,19). The van der Waals surface area contributed by atoms with Crippen LogP contribution in [0.3, 0.4) is 0 Å². The minimum absolute atomic E-state index is 0.258. The number of nitrogens with two attached hydrogens (primary N) is 1. The molecule has 1 amide bonds. The van der Waals surface area contributed by atoms with E-state index in [0.717, 1.165) is 13.0 Å². The van der Waals surface area contributed by atoms with Crippen molar-refractivity contribution in [2.24, 2.45) is 5.73 Å². The van der Waals surface area contributed by atoms with Gasteiger partial charge >= 0.3 is 0 Å². The lowest BCUT2D eigenvalue weighted by Crippen LogP contribution is -2.56. The van der Waals surface area contributed by atoms with E-state index < -0.39 is 5.54 Å². The molecule has 1 heterocycles. The lowest BCUT2D eigenvalue weighted by atomic mass is 9.89. The zero-order chi connectivity index (χ0) is 14.5. The van der Waals surface area contributed by atoms with E-state index in [1.165, 1.54) is 32.1 Å². The maximum absolute atomic E-state index is 11.6. The van der Waals surface area contributed by atoms with E-state index in [-0.39, 0.29) is 5.91 Å². The van der Waals surface area contributed by atoms with Gasteiger partial charge < -0.3 is 11.1 Å². The molecule has 1 aliphatic heterocycles. The minimum atomic E-state index is -0.604. The molecule has 112 valence electrons. The fourth-order valence-corrected chi connectivity index (χ4v) is 3.28. The molecule has 0 aliphatic carbocycles. The van der Waals surface area contributed by atoms with Crippen LogP contribution in [0.15, 0.2) is 0 Å². The zero-order valence-corrected chi connectivity index (χ0v) is 13.0. The van der Waals surface area contributed by atoms with Gasteiger partial charge in [-0.2, -0.15) is 0 Å². The highest BCUT2D eigenvalue weighted by Crippen LogP contribution is 2.26. The topological polar surface area (TPSA) is 58.4 Å².